The zero-order valence-corrected chi connectivity index (χ0v) is 25.7. The van der Waals surface area contributed by atoms with Gasteiger partial charge < -0.3 is 25.6 Å². The topological polar surface area (TPSA) is 159 Å². The number of esters is 1. The van der Waals surface area contributed by atoms with Crippen molar-refractivity contribution in [3.8, 4) is 0 Å². The van der Waals surface area contributed by atoms with Gasteiger partial charge in [0.25, 0.3) is 5.91 Å². The van der Waals surface area contributed by atoms with Gasteiger partial charge in [0.1, 0.15) is 5.00 Å². The Balaban J connectivity index is 1.44. The number of benzene rings is 2. The van der Waals surface area contributed by atoms with Gasteiger partial charge in [0.15, 0.2) is 0 Å². The maximum absolute atomic E-state index is 13.0. The van der Waals surface area contributed by atoms with Gasteiger partial charge in [0.05, 0.1) is 35.1 Å². The molecule has 0 bridgehead atoms. The van der Waals surface area contributed by atoms with Gasteiger partial charge in [-0.05, 0) is 72.6 Å². The molecule has 0 fully saturated rings. The highest BCUT2D eigenvalue weighted by Crippen LogP contribution is 2.44. The second kappa shape index (κ2) is 13.0. The summed E-state index contributed by atoms with van der Waals surface area (Å²) in [5, 5.41) is 24.6. The summed E-state index contributed by atoms with van der Waals surface area (Å²) >= 11 is 2.65. The molecule has 2 amide bonds. The molecule has 1 aliphatic carbocycles. The number of amides is 2. The number of ether oxygens (including phenoxy) is 1. The summed E-state index contributed by atoms with van der Waals surface area (Å²) in [6, 6.07) is 9.93. The molecule has 3 aromatic rings. The molecule has 0 aliphatic heterocycles. The highest BCUT2D eigenvalue weighted by molar-refractivity contribution is 8.00. The number of anilines is 2. The van der Waals surface area contributed by atoms with Crippen molar-refractivity contribution in [2.75, 3.05) is 23.5 Å². The Morgan fingerprint density at radius 2 is 1.74 bits per heavy atom. The number of nitrogens with one attached hydrogen (secondary N) is 2. The maximum Gasteiger partial charge on any atom is 0.341 e. The van der Waals surface area contributed by atoms with Crippen molar-refractivity contribution in [2.45, 2.75) is 44.9 Å². The fourth-order valence-corrected chi connectivity index (χ4v) is 7.04. The third kappa shape index (κ3) is 7.44. The second-order valence-corrected chi connectivity index (χ2v) is 13.3. The van der Waals surface area contributed by atoms with E-state index in [2.05, 4.69) is 31.4 Å². The number of methoxy groups -OCH3 is 1. The Labute approximate surface area is 256 Å². The molecule has 2 aromatic carbocycles. The summed E-state index contributed by atoms with van der Waals surface area (Å²) < 4.78 is 5.04. The molecule has 43 heavy (non-hydrogen) atoms. The summed E-state index contributed by atoms with van der Waals surface area (Å²) in [6.45, 7) is 6.64. The maximum atomic E-state index is 13.0. The molecule has 226 valence electrons. The van der Waals surface area contributed by atoms with E-state index in [1.807, 2.05) is 0 Å². The highest BCUT2D eigenvalue weighted by Gasteiger charge is 2.34. The third-order valence-electron chi connectivity index (χ3n) is 7.34. The molecule has 4 rings (SSSR count). The van der Waals surface area contributed by atoms with Crippen molar-refractivity contribution in [1.82, 2.24) is 0 Å². The van der Waals surface area contributed by atoms with Gasteiger partial charge in [-0.1, -0.05) is 26.8 Å². The monoisotopic (exact) mass is 624 g/mol. The largest absolute Gasteiger partial charge is 0.478 e. The summed E-state index contributed by atoms with van der Waals surface area (Å²) in [5.74, 6) is -3.74. The lowest BCUT2D eigenvalue weighted by atomic mass is 9.72. The van der Waals surface area contributed by atoms with Crippen LogP contribution in [0.2, 0.25) is 0 Å². The predicted molar refractivity (Wildman–Crippen MR) is 165 cm³/mol. The number of fused-ring (bicyclic) bond motifs is 1. The standard InChI is InChI=1S/C31H32N2O8S2/c1-31(2,3)17-9-11-21-23(13-17)43-27(25(21)30(40)41-4)33-24(34)15-42-19-7-5-6-18(14-19)32-26(35)20-10-8-16(28(36)37)12-22(20)29(38)39/h5-8,10,12,14,17H,9,11,13,15H2,1-4H3,(H,32,35)(H,33,34)(H,36,37)(H,38,39). The zero-order valence-electron chi connectivity index (χ0n) is 24.1. The van der Waals surface area contributed by atoms with Crippen LogP contribution in [0.25, 0.3) is 0 Å². The molecule has 1 heterocycles. The minimum Gasteiger partial charge on any atom is -0.478 e. The quantitative estimate of drug-likeness (QED) is 0.164. The number of thioether (sulfide) groups is 1. The average molecular weight is 625 g/mol. The molecule has 0 spiro atoms. The SMILES string of the molecule is COC(=O)c1c(NC(=O)CSc2cccc(NC(=O)c3ccc(C(=O)O)cc3C(=O)O)c2)sc2c1CCC(C(C)(C)C)C2. The number of hydrogen-bond donors (Lipinski definition) is 4. The molecular weight excluding hydrogens is 592 g/mol. The number of carboxylic acid groups (broad SMARTS) is 2. The first kappa shape index (κ1) is 31.8. The summed E-state index contributed by atoms with van der Waals surface area (Å²) in [6.07, 6.45) is 2.55. The zero-order chi connectivity index (χ0) is 31.5. The van der Waals surface area contributed by atoms with Crippen LogP contribution in [-0.2, 0) is 22.4 Å². The molecule has 4 N–H and O–H groups in total. The number of carbonyl (C=O) groups excluding carboxylic acids is 3. The van der Waals surface area contributed by atoms with Crippen LogP contribution in [0, 0.1) is 11.3 Å². The van der Waals surface area contributed by atoms with Crippen LogP contribution in [0.5, 0.6) is 0 Å². The van der Waals surface area contributed by atoms with Crippen LogP contribution in [0.1, 0.15) is 79.1 Å². The number of hydrogen-bond acceptors (Lipinski definition) is 8. The second-order valence-electron chi connectivity index (χ2n) is 11.2. The first-order valence-electron chi connectivity index (χ1n) is 13.5. The molecule has 0 saturated carbocycles. The number of aromatic carboxylic acids is 2. The van der Waals surface area contributed by atoms with Gasteiger partial charge in [-0.25, -0.2) is 14.4 Å². The lowest BCUT2D eigenvalue weighted by Gasteiger charge is -2.33. The first-order chi connectivity index (χ1) is 20.3. The van der Waals surface area contributed by atoms with Crippen LogP contribution in [0.3, 0.4) is 0 Å². The van der Waals surface area contributed by atoms with Crippen LogP contribution >= 0.6 is 23.1 Å². The third-order valence-corrected chi connectivity index (χ3v) is 9.50. The van der Waals surface area contributed by atoms with Crippen molar-refractivity contribution in [3.05, 3.63) is 75.2 Å². The normalized spacial score (nSPS) is 14.4. The number of carbonyl (C=O) groups is 5. The van der Waals surface area contributed by atoms with E-state index in [0.29, 0.717) is 27.1 Å². The lowest BCUT2D eigenvalue weighted by Crippen LogP contribution is -2.26. The summed E-state index contributed by atoms with van der Waals surface area (Å²) in [4.78, 5) is 63.1. The Hall–Kier alpha value is -4.16. The molecular formula is C31H32N2O8S2. The van der Waals surface area contributed by atoms with Crippen molar-refractivity contribution in [3.63, 3.8) is 0 Å². The number of carboxylic acids is 2. The highest BCUT2D eigenvalue weighted by atomic mass is 32.2. The molecule has 1 aliphatic rings. The van der Waals surface area contributed by atoms with E-state index < -0.39 is 29.4 Å². The minimum absolute atomic E-state index is 0.0327. The average Bonchev–Trinajstić information content (AvgIpc) is 3.31. The smallest absolute Gasteiger partial charge is 0.341 e. The number of thiophene rings is 1. The molecule has 1 atom stereocenters. The van der Waals surface area contributed by atoms with Crippen molar-refractivity contribution < 1.29 is 38.9 Å². The summed E-state index contributed by atoms with van der Waals surface area (Å²) in [5.41, 5.74) is 0.994. The first-order valence-corrected chi connectivity index (χ1v) is 15.3. The van der Waals surface area contributed by atoms with Gasteiger partial charge >= 0.3 is 17.9 Å². The molecule has 12 heteroatoms. The Kier molecular flexibility index (Phi) is 9.61. The number of rotatable bonds is 9. The van der Waals surface area contributed by atoms with E-state index in [1.54, 1.807) is 24.3 Å². The van der Waals surface area contributed by atoms with Crippen molar-refractivity contribution in [1.29, 1.82) is 0 Å². The molecule has 1 unspecified atom stereocenters. The van der Waals surface area contributed by atoms with Crippen LogP contribution in [0.4, 0.5) is 10.7 Å². The Morgan fingerprint density at radius 1 is 1.00 bits per heavy atom. The predicted octanol–water partition coefficient (Wildman–Crippen LogP) is 6.07. The fraction of sp³-hybridized carbons (Fsp3) is 0.323. The Bertz CT molecular complexity index is 1610. The van der Waals surface area contributed by atoms with Gasteiger partial charge in [0.2, 0.25) is 5.91 Å². The van der Waals surface area contributed by atoms with E-state index in [0.717, 1.165) is 47.9 Å². The lowest BCUT2D eigenvalue weighted by molar-refractivity contribution is -0.113. The molecule has 10 nitrogen and oxygen atoms in total. The van der Waals surface area contributed by atoms with E-state index in [1.165, 1.54) is 30.2 Å². The van der Waals surface area contributed by atoms with Crippen LogP contribution < -0.4 is 10.6 Å². The molecule has 1 aromatic heterocycles. The van der Waals surface area contributed by atoms with Crippen molar-refractivity contribution >= 4 is 63.5 Å². The molecule has 0 saturated heterocycles. The fourth-order valence-electron chi connectivity index (χ4n) is 4.96. The van der Waals surface area contributed by atoms with E-state index in [4.69, 9.17) is 9.84 Å². The van der Waals surface area contributed by atoms with E-state index in [-0.39, 0.29) is 28.2 Å². The van der Waals surface area contributed by atoms with Gasteiger partial charge in [0, 0.05) is 15.5 Å². The van der Waals surface area contributed by atoms with Gasteiger partial charge in [-0.3, -0.25) is 9.59 Å². The van der Waals surface area contributed by atoms with Crippen molar-refractivity contribution in [2.24, 2.45) is 11.3 Å². The van der Waals surface area contributed by atoms with E-state index in [9.17, 15) is 29.1 Å². The van der Waals surface area contributed by atoms with Crippen LogP contribution in [0.15, 0.2) is 47.4 Å². The van der Waals surface area contributed by atoms with E-state index >= 15 is 0 Å². The summed E-state index contributed by atoms with van der Waals surface area (Å²) in [7, 11) is 1.33. The Morgan fingerprint density at radius 3 is 2.40 bits per heavy atom. The molecule has 0 radical (unpaired) electrons. The van der Waals surface area contributed by atoms with Crippen LogP contribution in [-0.4, -0.2) is 52.8 Å². The van der Waals surface area contributed by atoms with Gasteiger partial charge in [-0.15, -0.1) is 23.1 Å². The van der Waals surface area contributed by atoms with Gasteiger partial charge in [-0.2, -0.15) is 0 Å². The minimum atomic E-state index is -1.43.